The molecule has 0 unspecified atom stereocenters. The number of halogens is 3. The van der Waals surface area contributed by atoms with Crippen LogP contribution < -0.4 is 10.2 Å². The number of hydrogen-bond acceptors (Lipinski definition) is 3. The fourth-order valence-corrected chi connectivity index (χ4v) is 3.09. The Morgan fingerprint density at radius 1 is 1.08 bits per heavy atom. The van der Waals surface area contributed by atoms with Crippen molar-refractivity contribution in [1.29, 1.82) is 0 Å². The predicted octanol–water partition coefficient (Wildman–Crippen LogP) is 3.55. The van der Waals surface area contributed by atoms with E-state index in [9.17, 15) is 14.0 Å². The van der Waals surface area contributed by atoms with Gasteiger partial charge in [0.1, 0.15) is 5.82 Å². The predicted molar refractivity (Wildman–Crippen MR) is 90.6 cm³/mol. The Balaban J connectivity index is 1.72. The zero-order valence-electron chi connectivity index (χ0n) is 12.4. The van der Waals surface area contributed by atoms with Gasteiger partial charge >= 0.3 is 0 Å². The van der Waals surface area contributed by atoms with Crippen LogP contribution in [0.3, 0.4) is 0 Å². The number of carbonyl (C=O) groups is 2. The molecule has 2 aromatic carbocycles. The van der Waals surface area contributed by atoms with Gasteiger partial charge in [-0.1, -0.05) is 35.3 Å². The molecule has 1 N–H and O–H groups in total. The van der Waals surface area contributed by atoms with Crippen LogP contribution in [0.15, 0.2) is 42.5 Å². The van der Waals surface area contributed by atoms with Crippen LogP contribution in [0.5, 0.6) is 0 Å². The lowest BCUT2D eigenvalue weighted by molar-refractivity contribution is -0.121. The van der Waals surface area contributed by atoms with Crippen LogP contribution in [0.4, 0.5) is 10.1 Å². The molecule has 1 atom stereocenters. The molecule has 0 aliphatic carbocycles. The van der Waals surface area contributed by atoms with Crippen molar-refractivity contribution in [3.63, 3.8) is 0 Å². The van der Waals surface area contributed by atoms with Gasteiger partial charge in [0.05, 0.1) is 18.2 Å². The van der Waals surface area contributed by atoms with E-state index in [-0.39, 0.29) is 24.1 Å². The van der Waals surface area contributed by atoms with Gasteiger partial charge in [0, 0.05) is 16.6 Å². The van der Waals surface area contributed by atoms with Crippen LogP contribution in [0.2, 0.25) is 10.0 Å². The first-order chi connectivity index (χ1) is 11.4. The van der Waals surface area contributed by atoms with E-state index in [2.05, 4.69) is 5.32 Å². The third-order valence-electron chi connectivity index (χ3n) is 3.72. The van der Waals surface area contributed by atoms with E-state index in [1.165, 1.54) is 30.3 Å². The number of benzene rings is 2. The third-order valence-corrected chi connectivity index (χ3v) is 4.15. The van der Waals surface area contributed by atoms with Crippen LogP contribution in [-0.2, 0) is 16.1 Å². The molecule has 124 valence electrons. The van der Waals surface area contributed by atoms with Crippen LogP contribution in [-0.4, -0.2) is 17.9 Å². The van der Waals surface area contributed by atoms with Crippen molar-refractivity contribution >= 4 is 40.7 Å². The standard InChI is InChI=1S/C17H13Cl2FN2O2/c18-11-5-12(19)7-14(6-11)22-16(23)8-15(17(22)24)21-9-10-1-3-13(20)4-2-10/h1-7,15,21H,8-9H2/t15-/m1/s1. The van der Waals surface area contributed by atoms with Gasteiger partial charge in [-0.25, -0.2) is 9.29 Å². The molecule has 1 saturated heterocycles. The summed E-state index contributed by atoms with van der Waals surface area (Å²) in [5.41, 5.74) is 1.18. The molecule has 0 aromatic heterocycles. The minimum absolute atomic E-state index is 0.0458. The lowest BCUT2D eigenvalue weighted by atomic mass is 10.2. The first-order valence-corrected chi connectivity index (χ1v) is 8.00. The Labute approximate surface area is 148 Å². The van der Waals surface area contributed by atoms with Crippen LogP contribution in [0, 0.1) is 5.82 Å². The average Bonchev–Trinajstić information content (AvgIpc) is 2.80. The van der Waals surface area contributed by atoms with Gasteiger partial charge in [0.25, 0.3) is 5.91 Å². The number of nitrogens with one attached hydrogen (secondary N) is 1. The summed E-state index contributed by atoms with van der Waals surface area (Å²) in [5, 5.41) is 3.72. The Bertz CT molecular complexity index is 775. The number of rotatable bonds is 4. The van der Waals surface area contributed by atoms with E-state index in [0.717, 1.165) is 10.5 Å². The SMILES string of the molecule is O=C1C[C@@H](NCc2ccc(F)cc2)C(=O)N1c1cc(Cl)cc(Cl)c1. The topological polar surface area (TPSA) is 49.4 Å². The smallest absolute Gasteiger partial charge is 0.251 e. The Hall–Kier alpha value is -1.95. The first-order valence-electron chi connectivity index (χ1n) is 7.25. The average molecular weight is 367 g/mol. The molecular weight excluding hydrogens is 354 g/mol. The lowest BCUT2D eigenvalue weighted by Gasteiger charge is -2.16. The van der Waals surface area contributed by atoms with Gasteiger partial charge in [0.15, 0.2) is 0 Å². The molecule has 0 radical (unpaired) electrons. The summed E-state index contributed by atoms with van der Waals surface area (Å²) >= 11 is 11.9. The second kappa shape index (κ2) is 6.89. The monoisotopic (exact) mass is 366 g/mol. The zero-order chi connectivity index (χ0) is 17.3. The van der Waals surface area contributed by atoms with Crippen molar-refractivity contribution in [2.45, 2.75) is 19.0 Å². The van der Waals surface area contributed by atoms with Crippen LogP contribution in [0.25, 0.3) is 0 Å². The van der Waals surface area contributed by atoms with E-state index in [4.69, 9.17) is 23.2 Å². The molecule has 1 aliphatic heterocycles. The third kappa shape index (κ3) is 3.59. The summed E-state index contributed by atoms with van der Waals surface area (Å²) in [7, 11) is 0. The molecule has 2 aromatic rings. The van der Waals surface area contributed by atoms with Crippen molar-refractivity contribution in [2.75, 3.05) is 4.90 Å². The van der Waals surface area contributed by atoms with Crippen LogP contribution in [0.1, 0.15) is 12.0 Å². The summed E-state index contributed by atoms with van der Waals surface area (Å²) in [6, 6.07) is 9.87. The quantitative estimate of drug-likeness (QED) is 0.841. The summed E-state index contributed by atoms with van der Waals surface area (Å²) < 4.78 is 12.9. The second-order valence-electron chi connectivity index (χ2n) is 5.46. The zero-order valence-corrected chi connectivity index (χ0v) is 13.9. The number of anilines is 1. The maximum Gasteiger partial charge on any atom is 0.251 e. The summed E-state index contributed by atoms with van der Waals surface area (Å²) in [6.07, 6.45) is 0.0458. The van der Waals surface area contributed by atoms with E-state index < -0.39 is 6.04 Å². The van der Waals surface area contributed by atoms with Gasteiger partial charge in [-0.2, -0.15) is 0 Å². The van der Waals surface area contributed by atoms with Gasteiger partial charge in [-0.3, -0.25) is 9.59 Å². The molecule has 1 heterocycles. The Morgan fingerprint density at radius 2 is 1.71 bits per heavy atom. The largest absolute Gasteiger partial charge is 0.301 e. The molecule has 24 heavy (non-hydrogen) atoms. The Morgan fingerprint density at radius 3 is 2.33 bits per heavy atom. The maximum atomic E-state index is 12.9. The molecular formula is C17H13Cl2FN2O2. The van der Waals surface area contributed by atoms with Crippen molar-refractivity contribution < 1.29 is 14.0 Å². The molecule has 0 saturated carbocycles. The van der Waals surface area contributed by atoms with Gasteiger partial charge in [0.2, 0.25) is 5.91 Å². The highest BCUT2D eigenvalue weighted by molar-refractivity contribution is 6.35. The van der Waals surface area contributed by atoms with Crippen molar-refractivity contribution in [2.24, 2.45) is 0 Å². The highest BCUT2D eigenvalue weighted by Gasteiger charge is 2.39. The molecule has 0 spiro atoms. The minimum Gasteiger partial charge on any atom is -0.301 e. The van der Waals surface area contributed by atoms with E-state index >= 15 is 0 Å². The molecule has 1 aliphatic rings. The lowest BCUT2D eigenvalue weighted by Crippen LogP contribution is -2.38. The van der Waals surface area contributed by atoms with Gasteiger partial charge in [-0.15, -0.1) is 0 Å². The normalized spacial score (nSPS) is 17.6. The van der Waals surface area contributed by atoms with Crippen LogP contribution >= 0.6 is 23.2 Å². The molecule has 2 amide bonds. The number of imide groups is 1. The fraction of sp³-hybridized carbons (Fsp3) is 0.176. The number of amides is 2. The van der Waals surface area contributed by atoms with E-state index in [1.54, 1.807) is 12.1 Å². The van der Waals surface area contributed by atoms with Crippen molar-refractivity contribution in [1.82, 2.24) is 5.32 Å². The highest BCUT2D eigenvalue weighted by atomic mass is 35.5. The van der Waals surface area contributed by atoms with Crippen molar-refractivity contribution in [3.8, 4) is 0 Å². The summed E-state index contributed by atoms with van der Waals surface area (Å²) in [5.74, 6) is -1.01. The molecule has 3 rings (SSSR count). The molecule has 7 heteroatoms. The second-order valence-corrected chi connectivity index (χ2v) is 6.33. The van der Waals surface area contributed by atoms with E-state index in [0.29, 0.717) is 22.3 Å². The number of nitrogens with zero attached hydrogens (tertiary/aromatic N) is 1. The first kappa shape index (κ1) is 16.9. The highest BCUT2D eigenvalue weighted by Crippen LogP contribution is 2.29. The van der Waals surface area contributed by atoms with Crippen molar-refractivity contribution in [3.05, 3.63) is 63.9 Å². The summed E-state index contributed by atoms with van der Waals surface area (Å²) in [6.45, 7) is 0.355. The fourth-order valence-electron chi connectivity index (χ4n) is 2.57. The van der Waals surface area contributed by atoms with Gasteiger partial charge in [-0.05, 0) is 35.9 Å². The molecule has 1 fully saturated rings. The number of carbonyl (C=O) groups excluding carboxylic acids is 2. The minimum atomic E-state index is -0.639. The number of hydrogen-bond donors (Lipinski definition) is 1. The maximum absolute atomic E-state index is 12.9. The summed E-state index contributed by atoms with van der Waals surface area (Å²) in [4.78, 5) is 25.8. The van der Waals surface area contributed by atoms with Gasteiger partial charge < -0.3 is 5.32 Å². The van der Waals surface area contributed by atoms with E-state index in [1.807, 2.05) is 0 Å². The Kier molecular flexibility index (Phi) is 4.85. The molecule has 4 nitrogen and oxygen atoms in total. The molecule has 0 bridgehead atoms.